The van der Waals surface area contributed by atoms with Crippen LogP contribution in [0.25, 0.3) is 0 Å². The first-order valence-electron chi connectivity index (χ1n) is 8.16. The number of methoxy groups -OCH3 is 1. The van der Waals surface area contributed by atoms with Gasteiger partial charge in [0, 0.05) is 28.5 Å². The quantitative estimate of drug-likeness (QED) is 0.786. The number of aromatic nitrogens is 1. The van der Waals surface area contributed by atoms with Gasteiger partial charge in [0.1, 0.15) is 0 Å². The number of benzene rings is 1. The molecule has 0 aliphatic carbocycles. The molecule has 3 unspecified atom stereocenters. The Morgan fingerprint density at radius 1 is 1.32 bits per heavy atom. The molecule has 1 aliphatic heterocycles. The SMILES string of the molecule is COC(=O)C1C(c2cccc(Br)c2)C=C(C)NC1(C)c1cccnc1. The summed E-state index contributed by atoms with van der Waals surface area (Å²) in [7, 11) is 1.44. The van der Waals surface area contributed by atoms with E-state index in [-0.39, 0.29) is 11.9 Å². The van der Waals surface area contributed by atoms with Crippen LogP contribution in [-0.2, 0) is 15.1 Å². The van der Waals surface area contributed by atoms with Crippen LogP contribution in [0.4, 0.5) is 0 Å². The maximum atomic E-state index is 12.8. The molecule has 25 heavy (non-hydrogen) atoms. The molecule has 3 rings (SSSR count). The molecule has 5 heteroatoms. The molecule has 130 valence electrons. The van der Waals surface area contributed by atoms with Crippen molar-refractivity contribution in [2.45, 2.75) is 25.3 Å². The zero-order valence-electron chi connectivity index (χ0n) is 14.5. The molecule has 1 aromatic carbocycles. The third-order valence-electron chi connectivity index (χ3n) is 4.82. The summed E-state index contributed by atoms with van der Waals surface area (Å²) in [6, 6.07) is 11.9. The van der Waals surface area contributed by atoms with Gasteiger partial charge in [0.2, 0.25) is 0 Å². The van der Waals surface area contributed by atoms with Crippen LogP contribution in [0.15, 0.2) is 65.0 Å². The van der Waals surface area contributed by atoms with Crippen molar-refractivity contribution in [2.24, 2.45) is 5.92 Å². The van der Waals surface area contributed by atoms with Crippen LogP contribution in [0.1, 0.15) is 30.9 Å². The van der Waals surface area contributed by atoms with Crippen LogP contribution in [0.2, 0.25) is 0 Å². The molecule has 1 aliphatic rings. The van der Waals surface area contributed by atoms with Crippen molar-refractivity contribution in [1.82, 2.24) is 10.3 Å². The van der Waals surface area contributed by atoms with Gasteiger partial charge in [0.05, 0.1) is 18.6 Å². The van der Waals surface area contributed by atoms with E-state index in [0.717, 1.165) is 21.3 Å². The van der Waals surface area contributed by atoms with Crippen molar-refractivity contribution < 1.29 is 9.53 Å². The largest absolute Gasteiger partial charge is 0.469 e. The number of nitrogens with zero attached hydrogens (tertiary/aromatic N) is 1. The van der Waals surface area contributed by atoms with E-state index in [1.54, 1.807) is 12.4 Å². The lowest BCUT2D eigenvalue weighted by Gasteiger charge is -2.45. The maximum absolute atomic E-state index is 12.8. The van der Waals surface area contributed by atoms with Gasteiger partial charge in [-0.05, 0) is 43.2 Å². The van der Waals surface area contributed by atoms with E-state index < -0.39 is 11.5 Å². The van der Waals surface area contributed by atoms with Crippen LogP contribution >= 0.6 is 15.9 Å². The second-order valence-corrected chi connectivity index (χ2v) is 7.42. The standard InChI is InChI=1S/C20H21BrN2O2/c1-13-10-17(14-6-4-8-16(21)11-14)18(19(24)25-3)20(2,23-13)15-7-5-9-22-12-15/h4-12,17-18,23H,1-3H3. The first kappa shape index (κ1) is 17.7. The molecule has 0 radical (unpaired) electrons. The molecule has 4 nitrogen and oxygen atoms in total. The van der Waals surface area contributed by atoms with Crippen molar-refractivity contribution in [3.8, 4) is 0 Å². The number of nitrogens with one attached hydrogen (secondary N) is 1. The number of pyridine rings is 1. The lowest BCUT2D eigenvalue weighted by Crippen LogP contribution is -2.53. The van der Waals surface area contributed by atoms with Gasteiger partial charge >= 0.3 is 5.97 Å². The minimum absolute atomic E-state index is 0.101. The summed E-state index contributed by atoms with van der Waals surface area (Å²) in [4.78, 5) is 17.1. The maximum Gasteiger partial charge on any atom is 0.312 e. The molecule has 0 saturated heterocycles. The van der Waals surface area contributed by atoms with E-state index in [9.17, 15) is 4.79 Å². The van der Waals surface area contributed by atoms with Crippen LogP contribution in [-0.4, -0.2) is 18.1 Å². The summed E-state index contributed by atoms with van der Waals surface area (Å²) in [6.45, 7) is 4.06. The highest BCUT2D eigenvalue weighted by Gasteiger charge is 2.48. The predicted octanol–water partition coefficient (Wildman–Crippen LogP) is 4.14. The van der Waals surface area contributed by atoms with Crippen LogP contribution in [0.5, 0.6) is 0 Å². The predicted molar refractivity (Wildman–Crippen MR) is 101 cm³/mol. The Morgan fingerprint density at radius 3 is 2.76 bits per heavy atom. The first-order valence-corrected chi connectivity index (χ1v) is 8.95. The Morgan fingerprint density at radius 2 is 2.12 bits per heavy atom. The van der Waals surface area contributed by atoms with Crippen molar-refractivity contribution in [3.63, 3.8) is 0 Å². The van der Waals surface area contributed by atoms with Crippen LogP contribution < -0.4 is 5.32 Å². The van der Waals surface area contributed by atoms with Crippen molar-refractivity contribution >= 4 is 21.9 Å². The van der Waals surface area contributed by atoms with Gasteiger partial charge in [-0.25, -0.2) is 0 Å². The van der Waals surface area contributed by atoms with Crippen LogP contribution in [0.3, 0.4) is 0 Å². The zero-order valence-corrected chi connectivity index (χ0v) is 16.1. The lowest BCUT2D eigenvalue weighted by atomic mass is 9.68. The number of allylic oxidation sites excluding steroid dienone is 2. The number of rotatable bonds is 3. The number of esters is 1. The van der Waals surface area contributed by atoms with Crippen molar-refractivity contribution in [3.05, 3.63) is 76.2 Å². The molecule has 0 fully saturated rings. The summed E-state index contributed by atoms with van der Waals surface area (Å²) in [5.74, 6) is -0.760. The van der Waals surface area contributed by atoms with Crippen molar-refractivity contribution in [1.29, 1.82) is 0 Å². The summed E-state index contributed by atoms with van der Waals surface area (Å²) < 4.78 is 6.17. The summed E-state index contributed by atoms with van der Waals surface area (Å²) in [5, 5.41) is 3.50. The molecule has 1 aromatic heterocycles. The average Bonchev–Trinajstić information content (AvgIpc) is 2.61. The second kappa shape index (κ2) is 7.00. The number of carbonyl (C=O) groups excluding carboxylic acids is 1. The minimum Gasteiger partial charge on any atom is -0.469 e. The first-order chi connectivity index (χ1) is 12.0. The summed E-state index contributed by atoms with van der Waals surface area (Å²) in [6.07, 6.45) is 5.64. The summed E-state index contributed by atoms with van der Waals surface area (Å²) in [5.41, 5.74) is 2.43. The Balaban J connectivity index is 2.17. The van der Waals surface area contributed by atoms with Gasteiger partial charge in [-0.1, -0.05) is 40.2 Å². The number of carbonyl (C=O) groups is 1. The lowest BCUT2D eigenvalue weighted by molar-refractivity contribution is -0.149. The molecule has 0 spiro atoms. The van der Waals surface area contributed by atoms with Crippen molar-refractivity contribution in [2.75, 3.05) is 7.11 Å². The Bertz CT molecular complexity index is 806. The molecular weight excluding hydrogens is 380 g/mol. The van der Waals surface area contributed by atoms with Crippen LogP contribution in [0, 0.1) is 5.92 Å². The number of hydrogen-bond donors (Lipinski definition) is 1. The third kappa shape index (κ3) is 3.33. The Hall–Kier alpha value is -2.14. The topological polar surface area (TPSA) is 51.2 Å². The average molecular weight is 401 g/mol. The molecule has 0 saturated carbocycles. The highest BCUT2D eigenvalue weighted by Crippen LogP contribution is 2.44. The van der Waals surface area contributed by atoms with Gasteiger partial charge < -0.3 is 10.1 Å². The zero-order chi connectivity index (χ0) is 18.0. The van der Waals surface area contributed by atoms with E-state index in [1.807, 2.05) is 44.2 Å². The Labute approximate surface area is 156 Å². The third-order valence-corrected chi connectivity index (χ3v) is 5.31. The summed E-state index contributed by atoms with van der Waals surface area (Å²) >= 11 is 3.53. The molecule has 2 heterocycles. The fourth-order valence-electron chi connectivity index (χ4n) is 3.69. The minimum atomic E-state index is -0.618. The van der Waals surface area contributed by atoms with E-state index in [0.29, 0.717) is 0 Å². The van der Waals surface area contributed by atoms with Gasteiger partial charge in [-0.15, -0.1) is 0 Å². The highest BCUT2D eigenvalue weighted by molar-refractivity contribution is 9.10. The number of halogens is 1. The molecule has 0 amide bonds. The fraction of sp³-hybridized carbons (Fsp3) is 0.300. The normalized spacial score (nSPS) is 25.7. The smallest absolute Gasteiger partial charge is 0.312 e. The second-order valence-electron chi connectivity index (χ2n) is 6.50. The molecule has 1 N–H and O–H groups in total. The molecule has 0 bridgehead atoms. The molecular formula is C20H21BrN2O2. The van der Waals surface area contributed by atoms with E-state index in [2.05, 4.69) is 38.4 Å². The van der Waals surface area contributed by atoms with Gasteiger partial charge in [0.15, 0.2) is 0 Å². The van der Waals surface area contributed by atoms with E-state index >= 15 is 0 Å². The highest BCUT2D eigenvalue weighted by atomic mass is 79.9. The molecule has 3 atom stereocenters. The fourth-order valence-corrected chi connectivity index (χ4v) is 4.10. The van der Waals surface area contributed by atoms with Gasteiger partial charge in [-0.3, -0.25) is 9.78 Å². The number of ether oxygens (including phenoxy) is 1. The number of hydrogen-bond acceptors (Lipinski definition) is 4. The van der Waals surface area contributed by atoms with Gasteiger partial charge in [-0.2, -0.15) is 0 Å². The molecule has 2 aromatic rings. The van der Waals surface area contributed by atoms with E-state index in [4.69, 9.17) is 4.74 Å². The Kier molecular flexibility index (Phi) is 4.95. The monoisotopic (exact) mass is 400 g/mol. The van der Waals surface area contributed by atoms with Gasteiger partial charge in [0.25, 0.3) is 0 Å². The van der Waals surface area contributed by atoms with E-state index in [1.165, 1.54) is 7.11 Å².